The third-order valence-electron chi connectivity index (χ3n) is 8.19. The summed E-state index contributed by atoms with van der Waals surface area (Å²) in [5, 5.41) is 22.5. The molecule has 4 aromatic heterocycles. The first-order chi connectivity index (χ1) is 21.7. The van der Waals surface area contributed by atoms with Crippen LogP contribution in [0.4, 0.5) is 11.6 Å². The summed E-state index contributed by atoms with van der Waals surface area (Å²) in [5.41, 5.74) is 12.6. The van der Waals surface area contributed by atoms with E-state index >= 15 is 0 Å². The van der Waals surface area contributed by atoms with Crippen LogP contribution in [0.3, 0.4) is 0 Å². The van der Waals surface area contributed by atoms with Crippen LogP contribution in [0, 0.1) is 6.92 Å². The molecule has 3 saturated heterocycles. The zero-order chi connectivity index (χ0) is 32.7. The molecule has 7 heterocycles. The van der Waals surface area contributed by atoms with E-state index in [4.69, 9.17) is 34.5 Å². The number of hydrogen-bond acceptors (Lipinski definition) is 15. The van der Waals surface area contributed by atoms with E-state index in [1.165, 1.54) is 33.9 Å². The summed E-state index contributed by atoms with van der Waals surface area (Å²) < 4.78 is 57.4. The molecule has 0 aliphatic carbocycles. The Kier molecular flexibility index (Phi) is 7.61. The van der Waals surface area contributed by atoms with Gasteiger partial charge in [-0.2, -0.15) is 4.98 Å². The van der Waals surface area contributed by atoms with Crippen LogP contribution in [0.2, 0.25) is 0 Å². The number of imidazole rings is 1. The second-order valence-electron chi connectivity index (χ2n) is 11.3. The molecule has 0 saturated carbocycles. The maximum atomic E-state index is 13.5. The highest BCUT2D eigenvalue weighted by atomic mass is 31.2. The first kappa shape index (κ1) is 31.3. The number of pyridine rings is 1. The second-order valence-corrected chi connectivity index (χ2v) is 14.6. The van der Waals surface area contributed by atoms with Gasteiger partial charge in [-0.15, -0.1) is 0 Å². The van der Waals surface area contributed by atoms with Crippen LogP contribution >= 0.6 is 15.4 Å². The Morgan fingerprint density at radius 3 is 2.54 bits per heavy atom. The van der Waals surface area contributed by atoms with Gasteiger partial charge in [0.2, 0.25) is 5.95 Å². The fourth-order valence-corrected chi connectivity index (χ4v) is 8.34. The number of H-pyrrole nitrogens is 1. The Morgan fingerprint density at radius 1 is 1.00 bits per heavy atom. The molecule has 248 valence electrons. The van der Waals surface area contributed by atoms with E-state index in [1.807, 2.05) is 0 Å². The van der Waals surface area contributed by atoms with Crippen LogP contribution in [0.5, 0.6) is 0 Å². The lowest BCUT2D eigenvalue weighted by molar-refractivity contribution is -0.0551. The number of phosphoric acid groups is 1. The molecular weight excluding hydrogens is 654 g/mol. The van der Waals surface area contributed by atoms with Gasteiger partial charge in [0.25, 0.3) is 5.56 Å². The van der Waals surface area contributed by atoms with Gasteiger partial charge >= 0.3 is 15.4 Å². The number of nitrogen functional groups attached to an aromatic ring is 2. The summed E-state index contributed by atoms with van der Waals surface area (Å²) >= 11 is 0. The number of nitrogens with one attached hydrogen (secondary N) is 1. The number of aliphatic hydroxyl groups is 2. The molecule has 3 aliphatic heterocycles. The van der Waals surface area contributed by atoms with Gasteiger partial charge in [-0.05, 0) is 25.0 Å². The predicted octanol–water partition coefficient (Wildman–Crippen LogP) is -0.365. The smallest absolute Gasteiger partial charge is 0.397 e. The van der Waals surface area contributed by atoms with Crippen LogP contribution in [-0.2, 0) is 32.2 Å². The Morgan fingerprint density at radius 2 is 1.76 bits per heavy atom. The van der Waals surface area contributed by atoms with E-state index in [-0.39, 0.29) is 29.0 Å². The number of aromatic nitrogens is 6. The first-order valence-electron chi connectivity index (χ1n) is 14.0. The zero-order valence-electron chi connectivity index (χ0n) is 23.9. The van der Waals surface area contributed by atoms with Crippen molar-refractivity contribution < 1.29 is 52.2 Å². The van der Waals surface area contributed by atoms with E-state index in [0.29, 0.717) is 16.8 Å². The standard InChI is InChI=1S/C24H30N8O12P2/c1-9-6-31(19-13(9)21(35)30-24(26)29-19)23-18-15(33)12(42-23)7-40-46(38,39)44-17-11(3-5-45(36,37)43-18)41-22(16(17)34)32-8-28-14-10(25)2-4-27-20(14)32/h2,4,6,8,11-12,15-18,22-23,33-34H,3,5,7H2,1H3,(H2,25,27)(H,36,37)(H,38,39)(H3,26,29,30,35)/t11-,12-,15+,16?,17+,18?,22-,23-/m1/s1. The molecule has 46 heavy (non-hydrogen) atoms. The largest absolute Gasteiger partial charge is 0.472 e. The molecule has 20 nitrogen and oxygen atoms in total. The SMILES string of the molecule is Cc1cn([C@@H]2O[C@@H]3COP(=O)(O)O[C@@H]4C(O)[C@H](n5cnc6c(N)ccnc65)O[C@@H]4CCP(=O)(O)OC2[C@H]3O)c2nc(N)[nH]c(=O)c12. The molecule has 4 aromatic rings. The quantitative estimate of drug-likeness (QED) is 0.133. The number of aliphatic hydroxyl groups excluding tert-OH is 2. The minimum atomic E-state index is -4.99. The van der Waals surface area contributed by atoms with Gasteiger partial charge in [0.1, 0.15) is 36.0 Å². The predicted molar refractivity (Wildman–Crippen MR) is 156 cm³/mol. The van der Waals surface area contributed by atoms with Crippen LogP contribution in [0.25, 0.3) is 22.2 Å². The molecule has 3 fully saturated rings. The minimum Gasteiger partial charge on any atom is -0.397 e. The number of phosphoric ester groups is 1. The molecule has 0 radical (unpaired) electrons. The molecule has 22 heteroatoms. The van der Waals surface area contributed by atoms with Crippen molar-refractivity contribution >= 4 is 49.3 Å². The van der Waals surface area contributed by atoms with Crippen molar-refractivity contribution in [2.45, 2.75) is 62.4 Å². The topological polar surface area (TPSA) is 295 Å². The molecule has 7 rings (SSSR count). The Bertz CT molecular complexity index is 1980. The highest BCUT2D eigenvalue weighted by Crippen LogP contribution is 2.54. The van der Waals surface area contributed by atoms with Gasteiger partial charge < -0.3 is 45.5 Å². The number of rotatable bonds is 2. The third-order valence-corrected chi connectivity index (χ3v) is 10.6. The van der Waals surface area contributed by atoms with E-state index < -0.39 is 82.8 Å². The molecule has 10 atom stereocenters. The fourth-order valence-electron chi connectivity index (χ4n) is 6.08. The summed E-state index contributed by atoms with van der Waals surface area (Å²) in [7, 11) is -9.59. The van der Waals surface area contributed by atoms with E-state index in [1.54, 1.807) is 6.92 Å². The van der Waals surface area contributed by atoms with Crippen LogP contribution < -0.4 is 17.0 Å². The van der Waals surface area contributed by atoms with Crippen molar-refractivity contribution in [2.75, 3.05) is 24.2 Å². The summed E-state index contributed by atoms with van der Waals surface area (Å²) in [6.45, 7) is 0.871. The van der Waals surface area contributed by atoms with Gasteiger partial charge in [-0.1, -0.05) is 0 Å². The van der Waals surface area contributed by atoms with Gasteiger partial charge in [0.05, 0.1) is 36.3 Å². The molecule has 2 bridgehead atoms. The number of aryl methyl sites for hydroxylation is 1. The normalized spacial score (nSPS) is 37.2. The Hall–Kier alpha value is -3.26. The summed E-state index contributed by atoms with van der Waals surface area (Å²) in [4.78, 5) is 49.2. The molecule has 4 unspecified atom stereocenters. The van der Waals surface area contributed by atoms with Gasteiger partial charge in [-0.25, -0.2) is 14.5 Å². The lowest BCUT2D eigenvalue weighted by Crippen LogP contribution is -2.35. The van der Waals surface area contributed by atoms with Crippen molar-refractivity contribution in [1.82, 2.24) is 29.1 Å². The number of anilines is 2. The molecule has 0 spiro atoms. The maximum Gasteiger partial charge on any atom is 0.472 e. The molecule has 0 amide bonds. The number of nitrogens with two attached hydrogens (primary N) is 2. The average molecular weight is 684 g/mol. The highest BCUT2D eigenvalue weighted by Gasteiger charge is 2.53. The zero-order valence-corrected chi connectivity index (χ0v) is 25.7. The lowest BCUT2D eigenvalue weighted by atomic mass is 10.1. The molecule has 0 aromatic carbocycles. The van der Waals surface area contributed by atoms with Crippen molar-refractivity contribution in [2.24, 2.45) is 0 Å². The number of fused-ring (bicyclic) bond motifs is 5. The van der Waals surface area contributed by atoms with Crippen molar-refractivity contribution in [3.8, 4) is 0 Å². The summed E-state index contributed by atoms with van der Waals surface area (Å²) in [6, 6.07) is 1.53. The third kappa shape index (κ3) is 5.34. The lowest BCUT2D eigenvalue weighted by Gasteiger charge is -2.26. The van der Waals surface area contributed by atoms with E-state index in [9.17, 15) is 33.9 Å². The monoisotopic (exact) mass is 684 g/mol. The van der Waals surface area contributed by atoms with Crippen LogP contribution in [-0.4, -0.2) is 98.5 Å². The first-order valence-corrected chi connectivity index (χ1v) is 17.3. The van der Waals surface area contributed by atoms with E-state index in [2.05, 4.69) is 19.9 Å². The molecular formula is C24H30N8O12P2. The number of hydrogen-bond donors (Lipinski definition) is 7. The maximum absolute atomic E-state index is 13.5. The number of nitrogens with zero attached hydrogens (tertiary/aromatic N) is 5. The Labute approximate surface area is 258 Å². The van der Waals surface area contributed by atoms with Gasteiger partial charge in [-0.3, -0.25) is 32.5 Å². The minimum absolute atomic E-state index is 0.0432. The van der Waals surface area contributed by atoms with Gasteiger partial charge in [0, 0.05) is 12.4 Å². The van der Waals surface area contributed by atoms with E-state index in [0.717, 1.165) is 0 Å². The Balaban J connectivity index is 1.22. The molecule has 3 aliphatic rings. The molecule has 9 N–H and O–H groups in total. The van der Waals surface area contributed by atoms with Crippen molar-refractivity contribution in [1.29, 1.82) is 0 Å². The second kappa shape index (κ2) is 11.2. The van der Waals surface area contributed by atoms with Gasteiger partial charge in [0.15, 0.2) is 23.8 Å². The number of aromatic amines is 1. The van der Waals surface area contributed by atoms with Crippen LogP contribution in [0.15, 0.2) is 29.6 Å². The van der Waals surface area contributed by atoms with Crippen LogP contribution in [0.1, 0.15) is 24.4 Å². The van der Waals surface area contributed by atoms with Crippen molar-refractivity contribution in [3.63, 3.8) is 0 Å². The highest BCUT2D eigenvalue weighted by molar-refractivity contribution is 7.52. The number of ether oxygens (including phenoxy) is 2. The fraction of sp³-hybridized carbons (Fsp3) is 0.500. The summed E-state index contributed by atoms with van der Waals surface area (Å²) in [6.07, 6.45) is -8.26. The summed E-state index contributed by atoms with van der Waals surface area (Å²) in [5.74, 6) is -0.212. The average Bonchev–Trinajstić information content (AvgIpc) is 3.71. The van der Waals surface area contributed by atoms with Crippen molar-refractivity contribution in [3.05, 3.63) is 40.7 Å².